The van der Waals surface area contributed by atoms with Crippen molar-refractivity contribution in [1.29, 1.82) is 0 Å². The molecule has 1 aliphatic rings. The number of nitrogens with one attached hydrogen (secondary N) is 1. The Balaban J connectivity index is 1.24. The van der Waals surface area contributed by atoms with Crippen molar-refractivity contribution >= 4 is 23.4 Å². The first-order chi connectivity index (χ1) is 16.2. The fourth-order valence-electron chi connectivity index (χ4n) is 3.67. The highest BCUT2D eigenvalue weighted by atomic mass is 16.5. The molecule has 5 rings (SSSR count). The molecule has 0 bridgehead atoms. The van der Waals surface area contributed by atoms with E-state index < -0.39 is 0 Å². The lowest BCUT2D eigenvalue weighted by molar-refractivity contribution is 0.0736. The van der Waals surface area contributed by atoms with Crippen molar-refractivity contribution in [1.82, 2.24) is 30.0 Å². The third-order valence-electron chi connectivity index (χ3n) is 5.31. The predicted molar refractivity (Wildman–Crippen MR) is 122 cm³/mol. The van der Waals surface area contributed by atoms with Crippen molar-refractivity contribution in [2.45, 2.75) is 6.92 Å². The van der Waals surface area contributed by atoms with E-state index >= 15 is 0 Å². The van der Waals surface area contributed by atoms with Crippen LogP contribution in [0.5, 0.6) is 0 Å². The molecule has 4 aromatic rings. The summed E-state index contributed by atoms with van der Waals surface area (Å²) in [5, 5.41) is 7.18. The number of nitrogens with zero attached hydrogens (tertiary/aromatic N) is 7. The number of aryl methyl sites for hydroxylation is 1. The summed E-state index contributed by atoms with van der Waals surface area (Å²) in [6.45, 7) is 4.27. The average molecular weight is 442 g/mol. The quantitative estimate of drug-likeness (QED) is 0.498. The zero-order valence-corrected chi connectivity index (χ0v) is 18.0. The fourth-order valence-corrected chi connectivity index (χ4v) is 3.67. The minimum atomic E-state index is -0.148. The molecule has 0 unspecified atom stereocenters. The lowest BCUT2D eigenvalue weighted by Gasteiger charge is -2.35. The van der Waals surface area contributed by atoms with E-state index in [9.17, 15) is 4.79 Å². The standard InChI is InChI=1S/C23H22N8O2/c1-16-26-21(28-20-6-2-3-8-25-20)14-22(27-16)30-9-11-31(12-10-30)23(32)18-13-19(33-29-18)17-5-4-7-24-15-17/h2-8,13-15H,9-12H2,1H3,(H,25,26,27,28). The molecule has 1 aliphatic heterocycles. The monoisotopic (exact) mass is 442 g/mol. The van der Waals surface area contributed by atoms with Gasteiger partial charge in [-0.25, -0.2) is 15.0 Å². The molecule has 0 spiro atoms. The van der Waals surface area contributed by atoms with Crippen LogP contribution in [0.1, 0.15) is 16.3 Å². The summed E-state index contributed by atoms with van der Waals surface area (Å²) in [6, 6.07) is 12.9. The van der Waals surface area contributed by atoms with Crippen molar-refractivity contribution in [2.24, 2.45) is 0 Å². The van der Waals surface area contributed by atoms with Crippen molar-refractivity contribution in [3.8, 4) is 11.3 Å². The summed E-state index contributed by atoms with van der Waals surface area (Å²) in [5.74, 6) is 3.25. The van der Waals surface area contributed by atoms with Gasteiger partial charge in [-0.15, -0.1) is 0 Å². The summed E-state index contributed by atoms with van der Waals surface area (Å²) in [6.07, 6.45) is 5.08. The zero-order valence-electron chi connectivity index (χ0n) is 18.0. The van der Waals surface area contributed by atoms with E-state index in [1.807, 2.05) is 43.3 Å². The lowest BCUT2D eigenvalue weighted by Crippen LogP contribution is -2.49. The van der Waals surface area contributed by atoms with Crippen LogP contribution in [0.3, 0.4) is 0 Å². The molecule has 0 aromatic carbocycles. The van der Waals surface area contributed by atoms with Crippen molar-refractivity contribution in [2.75, 3.05) is 36.4 Å². The van der Waals surface area contributed by atoms with Gasteiger partial charge in [0.1, 0.15) is 23.3 Å². The molecule has 0 radical (unpaired) electrons. The Kier molecular flexibility index (Phi) is 5.62. The van der Waals surface area contributed by atoms with E-state index in [4.69, 9.17) is 4.52 Å². The van der Waals surface area contributed by atoms with Crippen LogP contribution in [0.2, 0.25) is 0 Å². The first-order valence-electron chi connectivity index (χ1n) is 10.6. The van der Waals surface area contributed by atoms with Crippen LogP contribution in [0.15, 0.2) is 65.6 Å². The Morgan fingerprint density at radius 1 is 1.00 bits per heavy atom. The van der Waals surface area contributed by atoms with Gasteiger partial charge in [-0.1, -0.05) is 11.2 Å². The molecular formula is C23H22N8O2. The summed E-state index contributed by atoms with van der Waals surface area (Å²) in [4.78, 5) is 34.2. The summed E-state index contributed by atoms with van der Waals surface area (Å²) < 4.78 is 5.35. The third kappa shape index (κ3) is 4.64. The maximum absolute atomic E-state index is 12.9. The number of hydrogen-bond donors (Lipinski definition) is 1. The SMILES string of the molecule is Cc1nc(Nc2ccccn2)cc(N2CCN(C(=O)c3cc(-c4cccnc4)on3)CC2)n1. The van der Waals surface area contributed by atoms with E-state index in [-0.39, 0.29) is 5.91 Å². The second-order valence-electron chi connectivity index (χ2n) is 7.60. The van der Waals surface area contributed by atoms with Crippen LogP contribution in [-0.2, 0) is 0 Å². The lowest BCUT2D eigenvalue weighted by atomic mass is 10.2. The molecule has 1 N–H and O–H groups in total. The van der Waals surface area contributed by atoms with Crippen LogP contribution in [-0.4, -0.2) is 62.1 Å². The molecule has 0 aliphatic carbocycles. The fraction of sp³-hybridized carbons (Fsp3) is 0.217. The molecule has 4 aromatic heterocycles. The number of hydrogen-bond acceptors (Lipinski definition) is 9. The Bertz CT molecular complexity index is 1240. The van der Waals surface area contributed by atoms with E-state index in [1.54, 1.807) is 29.6 Å². The average Bonchev–Trinajstić information content (AvgIpc) is 3.35. The van der Waals surface area contributed by atoms with Gasteiger partial charge in [0.05, 0.1) is 0 Å². The second kappa shape index (κ2) is 9.03. The Morgan fingerprint density at radius 2 is 1.88 bits per heavy atom. The summed E-state index contributed by atoms with van der Waals surface area (Å²) >= 11 is 0. The number of carbonyl (C=O) groups excluding carboxylic acids is 1. The predicted octanol–water partition coefficient (Wildman–Crippen LogP) is 2.94. The molecule has 166 valence electrons. The molecule has 10 heteroatoms. The molecule has 0 saturated carbocycles. The molecule has 1 amide bonds. The van der Waals surface area contributed by atoms with Gasteiger partial charge in [0.25, 0.3) is 5.91 Å². The zero-order chi connectivity index (χ0) is 22.6. The number of amides is 1. The van der Waals surface area contributed by atoms with Gasteiger partial charge in [-0.3, -0.25) is 9.78 Å². The van der Waals surface area contributed by atoms with Gasteiger partial charge in [0, 0.05) is 62.5 Å². The van der Waals surface area contributed by atoms with Gasteiger partial charge >= 0.3 is 0 Å². The summed E-state index contributed by atoms with van der Waals surface area (Å²) in [5.41, 5.74) is 1.07. The number of rotatable bonds is 5. The molecule has 33 heavy (non-hydrogen) atoms. The van der Waals surface area contributed by atoms with Crippen LogP contribution in [0.4, 0.5) is 17.5 Å². The van der Waals surface area contributed by atoms with E-state index in [2.05, 4.69) is 35.3 Å². The van der Waals surface area contributed by atoms with Crippen LogP contribution in [0.25, 0.3) is 11.3 Å². The maximum Gasteiger partial charge on any atom is 0.276 e. The summed E-state index contributed by atoms with van der Waals surface area (Å²) in [7, 11) is 0. The van der Waals surface area contributed by atoms with E-state index in [1.165, 1.54) is 0 Å². The highest BCUT2D eigenvalue weighted by molar-refractivity contribution is 5.93. The molecule has 10 nitrogen and oxygen atoms in total. The third-order valence-corrected chi connectivity index (χ3v) is 5.31. The number of piperazine rings is 1. The normalized spacial score (nSPS) is 13.7. The van der Waals surface area contributed by atoms with Crippen LogP contribution >= 0.6 is 0 Å². The topological polar surface area (TPSA) is 113 Å². The highest BCUT2D eigenvalue weighted by Crippen LogP contribution is 2.22. The van der Waals surface area contributed by atoms with Crippen molar-refractivity contribution in [3.05, 3.63) is 72.6 Å². The molecule has 5 heterocycles. The second-order valence-corrected chi connectivity index (χ2v) is 7.60. The van der Waals surface area contributed by atoms with E-state index in [0.717, 1.165) is 17.2 Å². The van der Waals surface area contributed by atoms with Gasteiger partial charge < -0.3 is 19.6 Å². The number of anilines is 3. The van der Waals surface area contributed by atoms with Gasteiger partial charge in [-0.2, -0.15) is 0 Å². The Hall–Kier alpha value is -4.34. The Labute approximate surface area is 190 Å². The smallest absolute Gasteiger partial charge is 0.276 e. The highest BCUT2D eigenvalue weighted by Gasteiger charge is 2.26. The number of carbonyl (C=O) groups is 1. The first kappa shape index (κ1) is 20.6. The van der Waals surface area contributed by atoms with Crippen molar-refractivity contribution < 1.29 is 9.32 Å². The van der Waals surface area contributed by atoms with Crippen LogP contribution in [0, 0.1) is 6.92 Å². The molecular weight excluding hydrogens is 420 g/mol. The van der Waals surface area contributed by atoms with Gasteiger partial charge in [0.2, 0.25) is 0 Å². The minimum absolute atomic E-state index is 0.148. The van der Waals surface area contributed by atoms with Crippen molar-refractivity contribution in [3.63, 3.8) is 0 Å². The first-order valence-corrected chi connectivity index (χ1v) is 10.6. The van der Waals surface area contributed by atoms with E-state index in [0.29, 0.717) is 49.3 Å². The van der Waals surface area contributed by atoms with Crippen LogP contribution < -0.4 is 10.2 Å². The molecule has 0 atom stereocenters. The minimum Gasteiger partial charge on any atom is -0.355 e. The van der Waals surface area contributed by atoms with Gasteiger partial charge in [-0.05, 0) is 31.2 Å². The molecule has 1 saturated heterocycles. The molecule has 1 fully saturated rings. The maximum atomic E-state index is 12.9. The number of aromatic nitrogens is 5. The largest absolute Gasteiger partial charge is 0.355 e. The Morgan fingerprint density at radius 3 is 2.64 bits per heavy atom. The van der Waals surface area contributed by atoms with Gasteiger partial charge in [0.15, 0.2) is 11.5 Å². The number of pyridine rings is 2.